The highest BCUT2D eigenvalue weighted by atomic mass is 35.5. The number of pyridine rings is 1. The van der Waals surface area contributed by atoms with Gasteiger partial charge >= 0.3 is 0 Å². The van der Waals surface area contributed by atoms with Crippen LogP contribution in [0, 0.1) is 0 Å². The van der Waals surface area contributed by atoms with E-state index in [2.05, 4.69) is 24.9 Å². The van der Waals surface area contributed by atoms with Gasteiger partial charge in [-0.05, 0) is 24.5 Å². The van der Waals surface area contributed by atoms with Gasteiger partial charge in [-0.25, -0.2) is 4.98 Å². The van der Waals surface area contributed by atoms with Crippen LogP contribution in [-0.2, 0) is 12.3 Å². The topological polar surface area (TPSA) is 22.1 Å². The van der Waals surface area contributed by atoms with E-state index in [1.54, 1.807) is 0 Å². The monoisotopic (exact) mass is 227 g/mol. The van der Waals surface area contributed by atoms with Gasteiger partial charge in [-0.15, -0.1) is 11.6 Å². The first-order chi connectivity index (χ1) is 7.30. The van der Waals surface area contributed by atoms with Crippen LogP contribution in [0.4, 0.5) is 0 Å². The number of rotatable bonds is 6. The third kappa shape index (κ3) is 4.08. The number of aryl methyl sites for hydroxylation is 1. The van der Waals surface area contributed by atoms with Gasteiger partial charge in [0.05, 0.1) is 6.61 Å². The van der Waals surface area contributed by atoms with Gasteiger partial charge in [0.1, 0.15) is 0 Å². The summed E-state index contributed by atoms with van der Waals surface area (Å²) in [5.74, 6) is 1.22. The van der Waals surface area contributed by atoms with Gasteiger partial charge in [-0.3, -0.25) is 0 Å². The molecule has 0 bridgehead atoms. The second kappa shape index (κ2) is 6.67. The van der Waals surface area contributed by atoms with E-state index in [-0.39, 0.29) is 0 Å². The normalized spacial score (nSPS) is 10.3. The molecular weight excluding hydrogens is 210 g/mol. The van der Waals surface area contributed by atoms with Crippen LogP contribution in [-0.4, -0.2) is 11.6 Å². The Balaban J connectivity index is 2.79. The molecule has 0 atom stereocenters. The number of nitrogens with zero attached hydrogens (tertiary/aromatic N) is 1. The van der Waals surface area contributed by atoms with Crippen molar-refractivity contribution in [2.45, 2.75) is 39.0 Å². The third-order valence-corrected chi connectivity index (χ3v) is 2.34. The van der Waals surface area contributed by atoms with E-state index in [1.165, 1.54) is 0 Å². The molecule has 0 aromatic carbocycles. The van der Waals surface area contributed by atoms with Crippen molar-refractivity contribution in [1.82, 2.24) is 4.98 Å². The Kier molecular flexibility index (Phi) is 5.48. The van der Waals surface area contributed by atoms with Crippen LogP contribution in [0.15, 0.2) is 12.1 Å². The highest BCUT2D eigenvalue weighted by Crippen LogP contribution is 2.15. The van der Waals surface area contributed by atoms with Crippen molar-refractivity contribution >= 4 is 11.6 Å². The SMILES string of the molecule is CCCOc1cc(CCl)cc(CCC)n1. The van der Waals surface area contributed by atoms with Crippen LogP contribution in [0.5, 0.6) is 5.88 Å². The minimum atomic E-state index is 0.516. The summed E-state index contributed by atoms with van der Waals surface area (Å²) in [6.07, 6.45) is 3.06. The van der Waals surface area contributed by atoms with Crippen molar-refractivity contribution in [3.8, 4) is 5.88 Å². The lowest BCUT2D eigenvalue weighted by atomic mass is 10.2. The predicted octanol–water partition coefficient (Wildman–Crippen LogP) is 3.56. The summed E-state index contributed by atoms with van der Waals surface area (Å²) in [6, 6.07) is 3.97. The van der Waals surface area contributed by atoms with E-state index < -0.39 is 0 Å². The minimum Gasteiger partial charge on any atom is -0.478 e. The Bertz CT molecular complexity index is 302. The van der Waals surface area contributed by atoms with E-state index in [0.717, 1.165) is 30.5 Å². The van der Waals surface area contributed by atoms with E-state index in [1.807, 2.05) is 6.07 Å². The van der Waals surface area contributed by atoms with E-state index in [0.29, 0.717) is 18.4 Å². The molecular formula is C12H18ClNO. The average molecular weight is 228 g/mol. The van der Waals surface area contributed by atoms with Gasteiger partial charge in [-0.2, -0.15) is 0 Å². The van der Waals surface area contributed by atoms with Crippen LogP contribution in [0.2, 0.25) is 0 Å². The number of halogens is 1. The lowest BCUT2D eigenvalue weighted by Crippen LogP contribution is -2.00. The molecule has 1 heterocycles. The zero-order valence-electron chi connectivity index (χ0n) is 9.42. The van der Waals surface area contributed by atoms with Crippen LogP contribution in [0.3, 0.4) is 0 Å². The maximum absolute atomic E-state index is 5.82. The van der Waals surface area contributed by atoms with Crippen molar-refractivity contribution in [3.05, 3.63) is 23.4 Å². The maximum atomic E-state index is 5.82. The van der Waals surface area contributed by atoms with Crippen molar-refractivity contribution in [2.24, 2.45) is 0 Å². The Morgan fingerprint density at radius 3 is 2.67 bits per heavy atom. The molecule has 0 saturated heterocycles. The molecule has 0 unspecified atom stereocenters. The Morgan fingerprint density at radius 2 is 2.07 bits per heavy atom. The summed E-state index contributed by atoms with van der Waals surface area (Å²) in [7, 11) is 0. The lowest BCUT2D eigenvalue weighted by Gasteiger charge is -2.07. The molecule has 0 saturated carbocycles. The molecule has 0 aliphatic carbocycles. The van der Waals surface area contributed by atoms with Crippen molar-refractivity contribution in [2.75, 3.05) is 6.61 Å². The number of aromatic nitrogens is 1. The average Bonchev–Trinajstić information content (AvgIpc) is 2.26. The fraction of sp³-hybridized carbons (Fsp3) is 0.583. The highest BCUT2D eigenvalue weighted by molar-refractivity contribution is 6.17. The van der Waals surface area contributed by atoms with Crippen LogP contribution in [0.1, 0.15) is 37.9 Å². The highest BCUT2D eigenvalue weighted by Gasteiger charge is 2.02. The van der Waals surface area contributed by atoms with Gasteiger partial charge in [0.15, 0.2) is 0 Å². The molecule has 0 N–H and O–H groups in total. The summed E-state index contributed by atoms with van der Waals surface area (Å²) in [4.78, 5) is 4.43. The van der Waals surface area contributed by atoms with Crippen LogP contribution in [0.25, 0.3) is 0 Å². The standard InChI is InChI=1S/C12H18ClNO/c1-3-5-11-7-10(9-13)8-12(14-11)15-6-4-2/h7-8H,3-6,9H2,1-2H3. The Morgan fingerprint density at radius 1 is 1.27 bits per heavy atom. The fourth-order valence-electron chi connectivity index (χ4n) is 1.36. The quantitative estimate of drug-likeness (QED) is 0.694. The molecule has 3 heteroatoms. The first-order valence-corrected chi connectivity index (χ1v) is 6.02. The maximum Gasteiger partial charge on any atom is 0.213 e. The summed E-state index contributed by atoms with van der Waals surface area (Å²) >= 11 is 5.82. The molecule has 0 fully saturated rings. The predicted molar refractivity (Wildman–Crippen MR) is 63.6 cm³/mol. The first-order valence-electron chi connectivity index (χ1n) is 5.48. The molecule has 15 heavy (non-hydrogen) atoms. The van der Waals surface area contributed by atoms with Crippen molar-refractivity contribution in [1.29, 1.82) is 0 Å². The molecule has 0 amide bonds. The summed E-state index contributed by atoms with van der Waals surface area (Å²) < 4.78 is 5.51. The largest absolute Gasteiger partial charge is 0.478 e. The molecule has 2 nitrogen and oxygen atoms in total. The van der Waals surface area contributed by atoms with Gasteiger partial charge in [-0.1, -0.05) is 20.3 Å². The summed E-state index contributed by atoms with van der Waals surface area (Å²) in [5, 5.41) is 0. The zero-order chi connectivity index (χ0) is 11.1. The fourth-order valence-corrected chi connectivity index (χ4v) is 1.52. The summed E-state index contributed by atoms with van der Waals surface area (Å²) in [6.45, 7) is 4.93. The molecule has 84 valence electrons. The first kappa shape index (κ1) is 12.3. The number of hydrogen-bond acceptors (Lipinski definition) is 2. The van der Waals surface area contributed by atoms with Gasteiger partial charge in [0.2, 0.25) is 5.88 Å². The molecule has 0 spiro atoms. The zero-order valence-corrected chi connectivity index (χ0v) is 10.2. The third-order valence-electron chi connectivity index (χ3n) is 2.03. The van der Waals surface area contributed by atoms with E-state index >= 15 is 0 Å². The number of hydrogen-bond donors (Lipinski definition) is 0. The van der Waals surface area contributed by atoms with E-state index in [9.17, 15) is 0 Å². The molecule has 1 rings (SSSR count). The number of ether oxygens (including phenoxy) is 1. The second-order valence-corrected chi connectivity index (χ2v) is 3.80. The lowest BCUT2D eigenvalue weighted by molar-refractivity contribution is 0.304. The summed E-state index contributed by atoms with van der Waals surface area (Å²) in [5.41, 5.74) is 2.16. The van der Waals surface area contributed by atoms with Crippen LogP contribution < -0.4 is 4.74 Å². The van der Waals surface area contributed by atoms with Gasteiger partial charge < -0.3 is 4.74 Å². The van der Waals surface area contributed by atoms with Gasteiger partial charge in [0.25, 0.3) is 0 Å². The van der Waals surface area contributed by atoms with Gasteiger partial charge in [0, 0.05) is 17.6 Å². The molecule has 0 aliphatic rings. The van der Waals surface area contributed by atoms with Crippen molar-refractivity contribution in [3.63, 3.8) is 0 Å². The molecule has 1 aromatic rings. The Hall–Kier alpha value is -0.760. The minimum absolute atomic E-state index is 0.516. The smallest absolute Gasteiger partial charge is 0.213 e. The van der Waals surface area contributed by atoms with Crippen LogP contribution >= 0.6 is 11.6 Å². The number of alkyl halides is 1. The Labute approximate surface area is 96.6 Å². The molecule has 1 aromatic heterocycles. The van der Waals surface area contributed by atoms with Crippen molar-refractivity contribution < 1.29 is 4.74 Å². The molecule has 0 aliphatic heterocycles. The molecule has 0 radical (unpaired) electrons. The van der Waals surface area contributed by atoms with E-state index in [4.69, 9.17) is 16.3 Å². The second-order valence-electron chi connectivity index (χ2n) is 3.54.